The Balaban J connectivity index is 2.33. The van der Waals surface area contributed by atoms with E-state index in [-0.39, 0.29) is 5.56 Å². The van der Waals surface area contributed by atoms with Crippen molar-refractivity contribution in [1.29, 1.82) is 0 Å². The number of fused-ring (bicyclic) bond motifs is 1. The molecule has 1 N–H and O–H groups in total. The van der Waals surface area contributed by atoms with Gasteiger partial charge in [0.25, 0.3) is 5.56 Å². The van der Waals surface area contributed by atoms with Crippen molar-refractivity contribution in [1.82, 2.24) is 9.55 Å². The maximum atomic E-state index is 12.2. The zero-order valence-electron chi connectivity index (χ0n) is 10.0. The summed E-state index contributed by atoms with van der Waals surface area (Å²) in [6.45, 7) is 5.08. The molecule has 0 fully saturated rings. The number of aromatic amines is 1. The van der Waals surface area contributed by atoms with Crippen molar-refractivity contribution in [3.63, 3.8) is 0 Å². The molecule has 92 valence electrons. The smallest absolute Gasteiger partial charge is 0.263 e. The van der Waals surface area contributed by atoms with Crippen LogP contribution in [0, 0.1) is 10.7 Å². The van der Waals surface area contributed by atoms with Crippen LogP contribution in [-0.2, 0) is 6.54 Å². The molecule has 0 spiro atoms. The first-order valence-corrected chi connectivity index (χ1v) is 7.08. The van der Waals surface area contributed by atoms with Crippen molar-refractivity contribution in [2.45, 2.75) is 33.2 Å². The number of hydrogen-bond acceptors (Lipinski definition) is 3. The van der Waals surface area contributed by atoms with Crippen LogP contribution in [0.2, 0.25) is 0 Å². The molecule has 0 radical (unpaired) electrons. The molecule has 2 aromatic heterocycles. The summed E-state index contributed by atoms with van der Waals surface area (Å²) in [5.74, 6) is 0.660. The van der Waals surface area contributed by atoms with Crippen LogP contribution < -0.4 is 5.56 Å². The lowest BCUT2D eigenvalue weighted by Gasteiger charge is -2.07. The number of H-pyrrole nitrogens is 1. The van der Waals surface area contributed by atoms with Gasteiger partial charge >= 0.3 is 0 Å². The number of rotatable bonds is 4. The summed E-state index contributed by atoms with van der Waals surface area (Å²) >= 11 is 6.74. The molecule has 2 rings (SSSR count). The topological polar surface area (TPSA) is 37.8 Å². The van der Waals surface area contributed by atoms with E-state index in [1.807, 2.05) is 11.4 Å². The molecule has 3 nitrogen and oxygen atoms in total. The van der Waals surface area contributed by atoms with Gasteiger partial charge in [-0.15, -0.1) is 11.3 Å². The first-order valence-electron chi connectivity index (χ1n) is 5.80. The molecule has 0 saturated carbocycles. The molecule has 0 aliphatic carbocycles. The minimum Gasteiger partial charge on any atom is -0.323 e. The molecule has 0 bridgehead atoms. The highest BCUT2D eigenvalue weighted by Crippen LogP contribution is 2.14. The minimum absolute atomic E-state index is 0.0359. The Morgan fingerprint density at radius 2 is 2.29 bits per heavy atom. The van der Waals surface area contributed by atoms with Crippen molar-refractivity contribution in [3.05, 3.63) is 26.6 Å². The summed E-state index contributed by atoms with van der Waals surface area (Å²) < 4.78 is 2.21. The van der Waals surface area contributed by atoms with Gasteiger partial charge in [0.1, 0.15) is 4.83 Å². The maximum Gasteiger partial charge on any atom is 0.263 e. The van der Waals surface area contributed by atoms with E-state index in [1.165, 1.54) is 11.3 Å². The SMILES string of the molecule is CC(C)CCCn1c(=S)[nH]c2sccc2c1=O. The fraction of sp³-hybridized carbons (Fsp3) is 0.500. The number of aromatic nitrogens is 2. The molecule has 0 aromatic carbocycles. The Bertz CT molecular complexity index is 621. The van der Waals surface area contributed by atoms with E-state index in [2.05, 4.69) is 18.8 Å². The Labute approximate surface area is 109 Å². The molecular formula is C12H16N2OS2. The fourth-order valence-corrected chi connectivity index (χ4v) is 2.96. The Morgan fingerprint density at radius 1 is 1.53 bits per heavy atom. The van der Waals surface area contributed by atoms with Crippen molar-refractivity contribution in [3.8, 4) is 0 Å². The summed E-state index contributed by atoms with van der Waals surface area (Å²) in [5.41, 5.74) is 0.0359. The van der Waals surface area contributed by atoms with Crippen LogP contribution in [0.4, 0.5) is 0 Å². The van der Waals surface area contributed by atoms with Crippen LogP contribution in [-0.4, -0.2) is 9.55 Å². The highest BCUT2D eigenvalue weighted by molar-refractivity contribution is 7.71. The zero-order chi connectivity index (χ0) is 12.4. The van der Waals surface area contributed by atoms with Gasteiger partial charge in [-0.25, -0.2) is 0 Å². The monoisotopic (exact) mass is 268 g/mol. The highest BCUT2D eigenvalue weighted by Gasteiger charge is 2.06. The predicted molar refractivity (Wildman–Crippen MR) is 75.3 cm³/mol. The van der Waals surface area contributed by atoms with Gasteiger partial charge in [0, 0.05) is 6.54 Å². The van der Waals surface area contributed by atoms with Crippen LogP contribution in [0.1, 0.15) is 26.7 Å². The van der Waals surface area contributed by atoms with E-state index in [0.29, 0.717) is 17.2 Å². The lowest BCUT2D eigenvalue weighted by atomic mass is 10.1. The summed E-state index contributed by atoms with van der Waals surface area (Å²) in [4.78, 5) is 16.2. The van der Waals surface area contributed by atoms with Gasteiger partial charge < -0.3 is 4.98 Å². The Morgan fingerprint density at radius 3 is 3.00 bits per heavy atom. The second-order valence-electron chi connectivity index (χ2n) is 4.59. The van der Waals surface area contributed by atoms with Crippen molar-refractivity contribution >= 4 is 33.8 Å². The second kappa shape index (κ2) is 5.14. The number of nitrogens with one attached hydrogen (secondary N) is 1. The summed E-state index contributed by atoms with van der Waals surface area (Å²) in [5, 5.41) is 2.66. The molecule has 0 unspecified atom stereocenters. The highest BCUT2D eigenvalue weighted by atomic mass is 32.1. The first-order chi connectivity index (χ1) is 8.09. The fourth-order valence-electron chi connectivity index (χ4n) is 1.84. The van der Waals surface area contributed by atoms with Gasteiger partial charge in [0.15, 0.2) is 4.77 Å². The van der Waals surface area contributed by atoms with E-state index < -0.39 is 0 Å². The average molecular weight is 268 g/mol. The summed E-state index contributed by atoms with van der Waals surface area (Å²) in [7, 11) is 0. The van der Waals surface area contributed by atoms with Crippen LogP contribution in [0.25, 0.3) is 10.2 Å². The van der Waals surface area contributed by atoms with Gasteiger partial charge in [0.2, 0.25) is 0 Å². The van der Waals surface area contributed by atoms with E-state index in [4.69, 9.17) is 12.2 Å². The third-order valence-electron chi connectivity index (χ3n) is 2.77. The van der Waals surface area contributed by atoms with Crippen LogP contribution in [0.15, 0.2) is 16.2 Å². The maximum absolute atomic E-state index is 12.2. The largest absolute Gasteiger partial charge is 0.323 e. The standard InChI is InChI=1S/C12H16N2OS2/c1-8(2)4-3-6-14-11(15)9-5-7-17-10(9)13-12(14)16/h5,7-8H,3-4,6H2,1-2H3,(H,13,16). The van der Waals surface area contributed by atoms with E-state index in [0.717, 1.165) is 23.1 Å². The van der Waals surface area contributed by atoms with Gasteiger partial charge in [-0.05, 0) is 42.4 Å². The molecule has 5 heteroatoms. The normalized spacial score (nSPS) is 11.5. The molecule has 0 aliphatic heterocycles. The summed E-state index contributed by atoms with van der Waals surface area (Å²) in [6.07, 6.45) is 2.10. The third kappa shape index (κ3) is 2.66. The minimum atomic E-state index is 0.0359. The molecular weight excluding hydrogens is 252 g/mol. The van der Waals surface area contributed by atoms with Gasteiger partial charge in [-0.3, -0.25) is 9.36 Å². The molecule has 0 atom stereocenters. The number of hydrogen-bond donors (Lipinski definition) is 1. The lowest BCUT2D eigenvalue weighted by molar-refractivity contribution is 0.502. The molecule has 17 heavy (non-hydrogen) atoms. The van der Waals surface area contributed by atoms with Crippen LogP contribution in [0.5, 0.6) is 0 Å². The predicted octanol–water partition coefficient (Wildman–Crippen LogP) is 3.56. The van der Waals surface area contributed by atoms with Crippen molar-refractivity contribution < 1.29 is 0 Å². The van der Waals surface area contributed by atoms with Crippen LogP contribution >= 0.6 is 23.6 Å². The van der Waals surface area contributed by atoms with Crippen LogP contribution in [0.3, 0.4) is 0 Å². The molecule has 0 saturated heterocycles. The second-order valence-corrected chi connectivity index (χ2v) is 5.89. The molecule has 2 heterocycles. The van der Waals surface area contributed by atoms with E-state index in [9.17, 15) is 4.79 Å². The Hall–Kier alpha value is -0.940. The third-order valence-corrected chi connectivity index (χ3v) is 3.92. The lowest BCUT2D eigenvalue weighted by Crippen LogP contribution is -2.21. The van der Waals surface area contributed by atoms with E-state index >= 15 is 0 Å². The molecule has 2 aromatic rings. The Kier molecular flexibility index (Phi) is 3.79. The average Bonchev–Trinajstić information content (AvgIpc) is 2.70. The first kappa shape index (κ1) is 12.5. The van der Waals surface area contributed by atoms with Crippen molar-refractivity contribution in [2.24, 2.45) is 5.92 Å². The quantitative estimate of drug-likeness (QED) is 0.861. The summed E-state index contributed by atoms with van der Waals surface area (Å²) in [6, 6.07) is 1.85. The van der Waals surface area contributed by atoms with E-state index in [1.54, 1.807) is 4.57 Å². The van der Waals surface area contributed by atoms with Gasteiger partial charge in [0.05, 0.1) is 5.39 Å². The van der Waals surface area contributed by atoms with Gasteiger partial charge in [-0.1, -0.05) is 13.8 Å². The molecule has 0 amide bonds. The van der Waals surface area contributed by atoms with Gasteiger partial charge in [-0.2, -0.15) is 0 Å². The number of nitrogens with zero attached hydrogens (tertiary/aromatic N) is 1. The zero-order valence-corrected chi connectivity index (χ0v) is 11.7. The van der Waals surface area contributed by atoms with Crippen molar-refractivity contribution in [2.75, 3.05) is 0 Å². The number of thiophene rings is 1. The molecule has 0 aliphatic rings.